The van der Waals surface area contributed by atoms with Gasteiger partial charge in [-0.15, -0.1) is 0 Å². The molecule has 0 unspecified atom stereocenters. The standard InChI is InChI=1S/C71H130N12O14S/c1-25-51-66(92)81(22)56(40-98-35-31-30-34-84)69(95)77(18)53(37-42(4)5)63(89)76-57(45(10)11)70(96)78(19)52(36-41(2)3)62(88)73-48(15)61(87)74-49(16)65(91)79(20)54(38-43(6)7)67(93)80(21)55(39-44(8)9)68(94)82(23)58(46(12)13)71(97)83(24)59(64(90)75-51)60(86)47(14)32-28-26-27-29-33-72-50(17)85/h41-49,51-60,84,86H,25-40H2,1-24H3,(H,72,85)(H,73,88)(H,74,87)(H,75,90)(H,76,89)/t47-,48-,49+,51+,52-,53+,54+,55+,56-,57-,58+,59+,60-/m1/s1. The highest BCUT2D eigenvalue weighted by molar-refractivity contribution is 7.99. The summed E-state index contributed by atoms with van der Waals surface area (Å²) in [6.07, 6.45) is 3.26. The monoisotopic (exact) mass is 1410 g/mol. The van der Waals surface area contributed by atoms with Crippen molar-refractivity contribution in [1.29, 1.82) is 0 Å². The van der Waals surface area contributed by atoms with Gasteiger partial charge in [0, 0.05) is 75.2 Å². The molecule has 0 aromatic rings. The van der Waals surface area contributed by atoms with E-state index in [0.29, 0.717) is 38.0 Å². The minimum absolute atomic E-state index is 0.0225. The molecular formula is C71H130N12O14S. The summed E-state index contributed by atoms with van der Waals surface area (Å²) in [5.74, 6) is -9.70. The van der Waals surface area contributed by atoms with Crippen molar-refractivity contribution in [2.45, 2.75) is 267 Å². The van der Waals surface area contributed by atoms with Crippen LogP contribution in [0.5, 0.6) is 0 Å². The van der Waals surface area contributed by atoms with E-state index in [4.69, 9.17) is 0 Å². The summed E-state index contributed by atoms with van der Waals surface area (Å²) in [7, 11) is 10.0. The van der Waals surface area contributed by atoms with Gasteiger partial charge in [-0.25, -0.2) is 0 Å². The number of hydrogen-bond acceptors (Lipinski definition) is 15. The number of hydrogen-bond donors (Lipinski definition) is 7. The Balaban J connectivity index is 4.53. The Morgan fingerprint density at radius 1 is 0.459 bits per heavy atom. The number of nitrogens with one attached hydrogen (secondary N) is 5. The number of thioether (sulfide) groups is 1. The average Bonchev–Trinajstić information content (AvgIpc) is 0.807. The van der Waals surface area contributed by atoms with Crippen molar-refractivity contribution >= 4 is 82.6 Å². The topological polar surface area (TPSA) is 328 Å². The van der Waals surface area contributed by atoms with Crippen LogP contribution in [0.1, 0.15) is 195 Å². The van der Waals surface area contributed by atoms with E-state index in [9.17, 15) is 39.0 Å². The Bertz CT molecular complexity index is 2610. The maximum atomic E-state index is 15.5. The van der Waals surface area contributed by atoms with Gasteiger partial charge in [-0.2, -0.15) is 11.8 Å². The molecule has 12 amide bonds. The maximum Gasteiger partial charge on any atom is 0.246 e. The fourth-order valence-electron chi connectivity index (χ4n) is 12.4. The molecule has 27 heteroatoms. The number of amides is 12. The van der Waals surface area contributed by atoms with Gasteiger partial charge in [0.1, 0.15) is 66.5 Å². The minimum Gasteiger partial charge on any atom is -0.396 e. The van der Waals surface area contributed by atoms with E-state index in [1.807, 2.05) is 55.4 Å². The minimum atomic E-state index is -1.66. The number of aliphatic hydroxyl groups excluding tert-OH is 2. The lowest BCUT2D eigenvalue weighted by Gasteiger charge is -2.41. The van der Waals surface area contributed by atoms with Crippen LogP contribution >= 0.6 is 11.8 Å². The second-order valence-corrected chi connectivity index (χ2v) is 30.8. The Morgan fingerprint density at radius 2 is 0.888 bits per heavy atom. The normalized spacial score (nSPS) is 25.5. The van der Waals surface area contributed by atoms with Gasteiger partial charge in [0.05, 0.1) is 6.10 Å². The van der Waals surface area contributed by atoms with Gasteiger partial charge < -0.3 is 71.1 Å². The molecule has 0 aliphatic carbocycles. The zero-order valence-corrected chi connectivity index (χ0v) is 64.9. The van der Waals surface area contributed by atoms with E-state index >= 15 is 28.8 Å². The highest BCUT2D eigenvalue weighted by Gasteiger charge is 2.46. The largest absolute Gasteiger partial charge is 0.396 e. The number of carbonyl (C=O) groups is 12. The molecule has 0 spiro atoms. The molecule has 1 rings (SSSR count). The first kappa shape index (κ1) is 89.9. The highest BCUT2D eigenvalue weighted by Crippen LogP contribution is 2.27. The summed E-state index contributed by atoms with van der Waals surface area (Å²) >= 11 is 1.35. The Labute approximate surface area is 591 Å². The zero-order valence-electron chi connectivity index (χ0n) is 64.1. The van der Waals surface area contributed by atoms with Crippen LogP contribution in [-0.2, 0) is 57.5 Å². The van der Waals surface area contributed by atoms with E-state index in [1.165, 1.54) is 111 Å². The molecule has 1 fully saturated rings. The second kappa shape index (κ2) is 43.5. The van der Waals surface area contributed by atoms with Crippen LogP contribution in [0, 0.1) is 41.4 Å². The number of nitrogens with zero attached hydrogens (tertiary/aromatic N) is 7. The summed E-state index contributed by atoms with van der Waals surface area (Å²) in [6.45, 7) is 30.0. The van der Waals surface area contributed by atoms with Gasteiger partial charge in [0.2, 0.25) is 70.9 Å². The molecule has 13 atom stereocenters. The number of carbonyl (C=O) groups excluding carboxylic acids is 12. The van der Waals surface area contributed by atoms with Gasteiger partial charge in [0.15, 0.2) is 0 Å². The molecule has 1 saturated heterocycles. The quantitative estimate of drug-likeness (QED) is 0.0595. The molecule has 7 N–H and O–H groups in total. The van der Waals surface area contributed by atoms with E-state index < -0.39 is 155 Å². The van der Waals surface area contributed by atoms with Crippen LogP contribution in [0.15, 0.2) is 0 Å². The summed E-state index contributed by atoms with van der Waals surface area (Å²) < 4.78 is 0. The number of likely N-dealkylation sites (N-methyl/N-ethyl adjacent to an activating group) is 7. The summed E-state index contributed by atoms with van der Waals surface area (Å²) in [6, 6.07) is -14.0. The predicted molar refractivity (Wildman–Crippen MR) is 383 cm³/mol. The van der Waals surface area contributed by atoms with Crippen molar-refractivity contribution in [3.63, 3.8) is 0 Å². The molecule has 0 bridgehead atoms. The first-order chi connectivity index (χ1) is 45.5. The smallest absolute Gasteiger partial charge is 0.246 e. The van der Waals surface area contributed by atoms with E-state index in [0.717, 1.165) is 24.2 Å². The number of aliphatic hydroxyl groups is 2. The SMILES string of the molecule is CC[C@@H]1NC(=O)[C@H]([C@H](O)[C@H](C)CCCCCCNC(C)=O)N(C)C(=O)[C@H](C(C)C)N(C)C(=O)[C@H](CC(C)C)N(C)C(=O)[C@H](CC(C)C)N(C)C(=O)[C@H](C)NC(=O)[C@@H](C)NC(=O)[C@@H](CC(C)C)N(C)C(=O)[C@@H](C(C)C)NC(=O)[C@H](CC(C)C)N(C)C(=O)[C@@H](CSCCCCO)N(C)C1=O. The van der Waals surface area contributed by atoms with Crippen LogP contribution in [0.3, 0.4) is 0 Å². The van der Waals surface area contributed by atoms with Gasteiger partial charge in [-0.05, 0) is 119 Å². The summed E-state index contributed by atoms with van der Waals surface area (Å²) in [5, 5.41) is 36.1. The van der Waals surface area contributed by atoms with Crippen LogP contribution in [-0.4, -0.2) is 262 Å². The lowest BCUT2D eigenvalue weighted by Crippen LogP contribution is -2.64. The van der Waals surface area contributed by atoms with E-state index in [2.05, 4.69) is 26.6 Å². The molecule has 0 radical (unpaired) electrons. The molecule has 0 saturated carbocycles. The second-order valence-electron chi connectivity index (χ2n) is 29.7. The summed E-state index contributed by atoms with van der Waals surface area (Å²) in [4.78, 5) is 185. The van der Waals surface area contributed by atoms with Crippen LogP contribution in [0.2, 0.25) is 0 Å². The van der Waals surface area contributed by atoms with Gasteiger partial charge >= 0.3 is 0 Å². The number of rotatable bonds is 26. The van der Waals surface area contributed by atoms with Gasteiger partial charge in [0.25, 0.3) is 0 Å². The van der Waals surface area contributed by atoms with Crippen molar-refractivity contribution in [3.8, 4) is 0 Å². The lowest BCUT2D eigenvalue weighted by atomic mass is 9.90. The third kappa shape index (κ3) is 27.5. The van der Waals surface area contributed by atoms with Crippen LogP contribution < -0.4 is 26.6 Å². The van der Waals surface area contributed by atoms with Crippen molar-refractivity contribution < 1.29 is 67.7 Å². The Kier molecular flexibility index (Phi) is 40.0. The molecule has 1 aliphatic heterocycles. The first-order valence-electron chi connectivity index (χ1n) is 35.7. The maximum absolute atomic E-state index is 15.5. The van der Waals surface area contributed by atoms with Gasteiger partial charge in [-0.3, -0.25) is 57.5 Å². The lowest BCUT2D eigenvalue weighted by molar-refractivity contribution is -0.157. The van der Waals surface area contributed by atoms with Crippen molar-refractivity contribution in [2.75, 3.05) is 74.0 Å². The Hall–Kier alpha value is -6.09. The fraction of sp³-hybridized carbons (Fsp3) is 0.831. The zero-order chi connectivity index (χ0) is 75.5. The third-order valence-electron chi connectivity index (χ3n) is 18.6. The molecule has 0 aromatic heterocycles. The predicted octanol–water partition coefficient (Wildman–Crippen LogP) is 4.26. The Morgan fingerprint density at radius 3 is 1.37 bits per heavy atom. The van der Waals surface area contributed by atoms with E-state index in [-0.39, 0.29) is 74.0 Å². The first-order valence-corrected chi connectivity index (χ1v) is 36.9. The molecule has 564 valence electrons. The van der Waals surface area contributed by atoms with Crippen LogP contribution in [0.4, 0.5) is 0 Å². The molecule has 26 nitrogen and oxygen atoms in total. The molecule has 98 heavy (non-hydrogen) atoms. The average molecular weight is 1410 g/mol. The number of unbranched alkanes of at least 4 members (excludes halogenated alkanes) is 4. The van der Waals surface area contributed by atoms with Crippen molar-refractivity contribution in [2.24, 2.45) is 41.4 Å². The van der Waals surface area contributed by atoms with Gasteiger partial charge in [-0.1, -0.05) is 116 Å². The van der Waals surface area contributed by atoms with E-state index in [1.54, 1.807) is 41.5 Å². The molecule has 1 aliphatic rings. The highest BCUT2D eigenvalue weighted by atomic mass is 32.2. The molecule has 0 aromatic carbocycles. The van der Waals surface area contributed by atoms with Crippen LogP contribution in [0.25, 0.3) is 0 Å². The molecule has 1 heterocycles. The van der Waals surface area contributed by atoms with Crippen molar-refractivity contribution in [1.82, 2.24) is 60.9 Å². The third-order valence-corrected chi connectivity index (χ3v) is 19.7. The van der Waals surface area contributed by atoms with Crippen molar-refractivity contribution in [3.05, 3.63) is 0 Å². The molecular weight excluding hydrogens is 1280 g/mol. The summed E-state index contributed by atoms with van der Waals surface area (Å²) in [5.41, 5.74) is 0. The fourth-order valence-corrected chi connectivity index (χ4v) is 13.6.